The van der Waals surface area contributed by atoms with Gasteiger partial charge in [-0.25, -0.2) is 0 Å². The topological polar surface area (TPSA) is 23.8 Å². The summed E-state index contributed by atoms with van der Waals surface area (Å²) in [5.41, 5.74) is 1.17. The summed E-state index contributed by atoms with van der Waals surface area (Å²) in [5.74, 6) is 0.00270. The van der Waals surface area contributed by atoms with Gasteiger partial charge in [-0.1, -0.05) is 12.2 Å². The summed E-state index contributed by atoms with van der Waals surface area (Å²) in [7, 11) is 0. The van der Waals surface area contributed by atoms with Crippen molar-refractivity contribution in [3.63, 3.8) is 0 Å². The normalized spacial score (nSPS) is 33.4. The zero-order valence-corrected chi connectivity index (χ0v) is 6.56. The molecule has 0 spiro atoms. The van der Waals surface area contributed by atoms with Crippen LogP contribution in [0.2, 0.25) is 0 Å². The molecule has 2 unspecified atom stereocenters. The van der Waals surface area contributed by atoms with Gasteiger partial charge >= 0.3 is 0 Å². The summed E-state index contributed by atoms with van der Waals surface area (Å²) in [5, 5.41) is 8.66. The monoisotopic (exact) mass is 155 g/mol. The molecule has 2 atom stereocenters. The van der Waals surface area contributed by atoms with Gasteiger partial charge in [0.1, 0.15) is 0 Å². The van der Waals surface area contributed by atoms with Gasteiger partial charge in [-0.2, -0.15) is 5.26 Å². The van der Waals surface area contributed by atoms with Crippen LogP contribution >= 0.6 is 11.6 Å². The van der Waals surface area contributed by atoms with Crippen molar-refractivity contribution in [3.8, 4) is 6.07 Å². The molecule has 10 heavy (non-hydrogen) atoms. The van der Waals surface area contributed by atoms with Crippen molar-refractivity contribution < 1.29 is 0 Å². The Kier molecular flexibility index (Phi) is 2.34. The number of nitrogens with zero attached hydrogens (tertiary/aromatic N) is 1. The first kappa shape index (κ1) is 7.63. The van der Waals surface area contributed by atoms with Gasteiger partial charge in [0.2, 0.25) is 0 Å². The summed E-state index contributed by atoms with van der Waals surface area (Å²) < 4.78 is 0. The van der Waals surface area contributed by atoms with Crippen LogP contribution in [0, 0.1) is 17.2 Å². The Morgan fingerprint density at radius 3 is 2.90 bits per heavy atom. The lowest BCUT2D eigenvalue weighted by Crippen LogP contribution is -2.18. The van der Waals surface area contributed by atoms with Crippen molar-refractivity contribution in [1.29, 1.82) is 5.26 Å². The van der Waals surface area contributed by atoms with Gasteiger partial charge in [-0.05, 0) is 19.3 Å². The molecule has 1 saturated carbocycles. The van der Waals surface area contributed by atoms with Crippen molar-refractivity contribution in [2.24, 2.45) is 5.92 Å². The highest BCUT2D eigenvalue weighted by molar-refractivity contribution is 6.21. The number of rotatable bonds is 0. The fourth-order valence-electron chi connectivity index (χ4n) is 1.21. The minimum Gasteiger partial charge on any atom is -0.198 e. The SMILES string of the molecule is C=C1CCC(Cl)C(C#N)C1. The van der Waals surface area contributed by atoms with Crippen molar-refractivity contribution in [1.82, 2.24) is 0 Å². The first-order valence-corrected chi connectivity index (χ1v) is 3.88. The highest BCUT2D eigenvalue weighted by atomic mass is 35.5. The van der Waals surface area contributed by atoms with E-state index >= 15 is 0 Å². The molecule has 2 heteroatoms. The van der Waals surface area contributed by atoms with Crippen LogP contribution in [-0.2, 0) is 0 Å². The lowest BCUT2D eigenvalue weighted by molar-refractivity contribution is 0.514. The number of halogens is 1. The number of hydrogen-bond donors (Lipinski definition) is 0. The highest BCUT2D eigenvalue weighted by Gasteiger charge is 2.24. The van der Waals surface area contributed by atoms with Gasteiger partial charge in [0, 0.05) is 0 Å². The minimum atomic E-state index is 0.00270. The maximum Gasteiger partial charge on any atom is 0.0674 e. The summed E-state index contributed by atoms with van der Waals surface area (Å²) in [6, 6.07) is 2.19. The molecule has 0 aromatic rings. The van der Waals surface area contributed by atoms with Crippen LogP contribution in [-0.4, -0.2) is 5.38 Å². The van der Waals surface area contributed by atoms with Crippen LogP contribution in [0.3, 0.4) is 0 Å². The Morgan fingerprint density at radius 1 is 1.70 bits per heavy atom. The average Bonchev–Trinajstić information content (AvgIpc) is 1.94. The third-order valence-corrected chi connectivity index (χ3v) is 2.41. The number of nitriles is 1. The summed E-state index contributed by atoms with van der Waals surface area (Å²) >= 11 is 5.88. The van der Waals surface area contributed by atoms with Gasteiger partial charge in [0.15, 0.2) is 0 Å². The number of alkyl halides is 1. The van der Waals surface area contributed by atoms with E-state index in [1.165, 1.54) is 5.57 Å². The summed E-state index contributed by atoms with van der Waals surface area (Å²) in [6.07, 6.45) is 2.70. The zero-order chi connectivity index (χ0) is 7.56. The average molecular weight is 156 g/mol. The van der Waals surface area contributed by atoms with Crippen LogP contribution in [0.15, 0.2) is 12.2 Å². The molecule has 1 fully saturated rings. The van der Waals surface area contributed by atoms with Crippen LogP contribution < -0.4 is 0 Å². The van der Waals surface area contributed by atoms with E-state index in [1.807, 2.05) is 0 Å². The number of allylic oxidation sites excluding steroid dienone is 1. The maximum absolute atomic E-state index is 8.60. The second kappa shape index (κ2) is 3.07. The fraction of sp³-hybridized carbons (Fsp3) is 0.625. The van der Waals surface area contributed by atoms with Crippen LogP contribution in [0.5, 0.6) is 0 Å². The van der Waals surface area contributed by atoms with Crippen LogP contribution in [0.4, 0.5) is 0 Å². The molecule has 0 heterocycles. The van der Waals surface area contributed by atoms with Crippen molar-refractivity contribution in [2.75, 3.05) is 0 Å². The molecule has 0 N–H and O–H groups in total. The van der Waals surface area contributed by atoms with Crippen LogP contribution in [0.25, 0.3) is 0 Å². The largest absolute Gasteiger partial charge is 0.198 e. The third kappa shape index (κ3) is 1.52. The fourth-order valence-corrected chi connectivity index (χ4v) is 1.47. The van der Waals surface area contributed by atoms with E-state index in [0.717, 1.165) is 19.3 Å². The number of hydrogen-bond acceptors (Lipinski definition) is 1. The summed E-state index contributed by atoms with van der Waals surface area (Å²) in [4.78, 5) is 0. The van der Waals surface area contributed by atoms with E-state index in [1.54, 1.807) is 0 Å². The van der Waals surface area contributed by atoms with Crippen LogP contribution in [0.1, 0.15) is 19.3 Å². The molecule has 0 aromatic heterocycles. The molecule has 0 aliphatic heterocycles. The lowest BCUT2D eigenvalue weighted by atomic mass is 9.87. The molecule has 0 bridgehead atoms. The van der Waals surface area contributed by atoms with Gasteiger partial charge in [-0.3, -0.25) is 0 Å². The predicted molar refractivity (Wildman–Crippen MR) is 41.7 cm³/mol. The van der Waals surface area contributed by atoms with Crippen molar-refractivity contribution in [2.45, 2.75) is 24.6 Å². The molecule has 1 nitrogen and oxygen atoms in total. The van der Waals surface area contributed by atoms with E-state index in [4.69, 9.17) is 16.9 Å². The molecular formula is C8H10ClN. The minimum absolute atomic E-state index is 0.00270. The molecule has 0 aromatic carbocycles. The second-order valence-corrected chi connectivity index (χ2v) is 3.30. The molecule has 0 radical (unpaired) electrons. The second-order valence-electron chi connectivity index (χ2n) is 2.74. The van der Waals surface area contributed by atoms with Gasteiger partial charge in [0.05, 0.1) is 17.4 Å². The molecule has 54 valence electrons. The third-order valence-electron chi connectivity index (χ3n) is 1.88. The first-order chi connectivity index (χ1) is 4.74. The Hall–Kier alpha value is -0.480. The van der Waals surface area contributed by atoms with E-state index < -0.39 is 0 Å². The standard InChI is InChI=1S/C8H10ClN/c1-6-2-3-8(9)7(4-6)5-10/h7-8H,1-4H2. The van der Waals surface area contributed by atoms with Crippen molar-refractivity contribution in [3.05, 3.63) is 12.2 Å². The molecule has 1 rings (SSSR count). The molecule has 1 aliphatic carbocycles. The Labute approximate surface area is 66.3 Å². The zero-order valence-electron chi connectivity index (χ0n) is 5.81. The maximum atomic E-state index is 8.60. The smallest absolute Gasteiger partial charge is 0.0674 e. The van der Waals surface area contributed by atoms with Gasteiger partial charge in [-0.15, -0.1) is 11.6 Å². The molecule has 0 amide bonds. The van der Waals surface area contributed by atoms with E-state index in [9.17, 15) is 0 Å². The Morgan fingerprint density at radius 2 is 2.40 bits per heavy atom. The predicted octanol–water partition coefficient (Wildman–Crippen LogP) is 2.47. The molecule has 0 saturated heterocycles. The Balaban J connectivity index is 2.56. The molecular weight excluding hydrogens is 146 g/mol. The Bertz CT molecular complexity index is 180. The van der Waals surface area contributed by atoms with E-state index in [2.05, 4.69) is 12.6 Å². The highest BCUT2D eigenvalue weighted by Crippen LogP contribution is 2.30. The molecule has 1 aliphatic rings. The first-order valence-electron chi connectivity index (χ1n) is 3.44. The van der Waals surface area contributed by atoms with Gasteiger partial charge in [0.25, 0.3) is 0 Å². The summed E-state index contributed by atoms with van der Waals surface area (Å²) in [6.45, 7) is 3.84. The van der Waals surface area contributed by atoms with E-state index in [-0.39, 0.29) is 11.3 Å². The van der Waals surface area contributed by atoms with Crippen molar-refractivity contribution >= 4 is 11.6 Å². The quantitative estimate of drug-likeness (QED) is 0.390. The van der Waals surface area contributed by atoms with Gasteiger partial charge < -0.3 is 0 Å². The lowest BCUT2D eigenvalue weighted by Gasteiger charge is -2.22. The van der Waals surface area contributed by atoms with E-state index in [0.29, 0.717) is 0 Å².